The third-order valence-electron chi connectivity index (χ3n) is 4.28. The molecular weight excluding hydrogens is 384 g/mol. The molecule has 0 aliphatic carbocycles. The zero-order valence-electron chi connectivity index (χ0n) is 15.7. The molecule has 0 saturated heterocycles. The number of benzene rings is 1. The van der Waals surface area contributed by atoms with Crippen LogP contribution in [0.25, 0.3) is 10.9 Å². The van der Waals surface area contributed by atoms with Crippen molar-refractivity contribution in [3.8, 4) is 0 Å². The van der Waals surface area contributed by atoms with Crippen LogP contribution in [0.3, 0.4) is 0 Å². The Morgan fingerprint density at radius 1 is 1.33 bits per heavy atom. The van der Waals surface area contributed by atoms with Gasteiger partial charge in [0.15, 0.2) is 0 Å². The second kappa shape index (κ2) is 7.78. The molecule has 0 bridgehead atoms. The van der Waals surface area contributed by atoms with E-state index in [9.17, 15) is 9.59 Å². The van der Waals surface area contributed by atoms with E-state index in [4.69, 9.17) is 11.6 Å². The number of hydrogen-bond acceptors (Lipinski definition) is 5. The zero-order chi connectivity index (χ0) is 19.7. The summed E-state index contributed by atoms with van der Waals surface area (Å²) >= 11 is 7.54. The van der Waals surface area contributed by atoms with Crippen LogP contribution in [-0.4, -0.2) is 20.7 Å². The Morgan fingerprint density at radius 2 is 2.07 bits per heavy atom. The van der Waals surface area contributed by atoms with Crippen molar-refractivity contribution in [1.82, 2.24) is 14.8 Å². The molecule has 0 unspecified atom stereocenters. The highest BCUT2D eigenvalue weighted by Gasteiger charge is 2.18. The molecular formula is C19H21ClN4O2S. The minimum absolute atomic E-state index is 0.0756. The van der Waals surface area contributed by atoms with Crippen LogP contribution in [0.1, 0.15) is 41.7 Å². The van der Waals surface area contributed by atoms with Crippen molar-refractivity contribution in [2.45, 2.75) is 40.7 Å². The van der Waals surface area contributed by atoms with Gasteiger partial charge in [-0.3, -0.25) is 14.9 Å². The summed E-state index contributed by atoms with van der Waals surface area (Å²) < 4.78 is 1.87. The van der Waals surface area contributed by atoms with E-state index in [1.54, 1.807) is 18.3 Å². The number of aromatic nitrogens is 3. The maximum atomic E-state index is 12.9. The number of amides is 1. The second-order valence-corrected chi connectivity index (χ2v) is 8.25. The summed E-state index contributed by atoms with van der Waals surface area (Å²) in [7, 11) is 0. The van der Waals surface area contributed by atoms with Crippen molar-refractivity contribution in [2.75, 3.05) is 5.32 Å². The van der Waals surface area contributed by atoms with Crippen LogP contribution in [0.15, 0.2) is 23.1 Å². The molecule has 1 amide bonds. The highest BCUT2D eigenvalue weighted by atomic mass is 35.5. The molecule has 142 valence electrons. The van der Waals surface area contributed by atoms with Crippen molar-refractivity contribution in [2.24, 2.45) is 5.92 Å². The van der Waals surface area contributed by atoms with E-state index in [-0.39, 0.29) is 11.0 Å². The van der Waals surface area contributed by atoms with Gasteiger partial charge in [0.1, 0.15) is 10.6 Å². The normalized spacial score (nSPS) is 11.3. The Morgan fingerprint density at radius 3 is 2.74 bits per heavy atom. The van der Waals surface area contributed by atoms with Crippen LogP contribution in [0, 0.1) is 12.8 Å². The second-order valence-electron chi connectivity index (χ2n) is 6.78. The first-order valence-corrected chi connectivity index (χ1v) is 9.97. The number of fused-ring (bicyclic) bond motifs is 1. The van der Waals surface area contributed by atoms with Gasteiger partial charge < -0.3 is 4.57 Å². The molecule has 0 aliphatic rings. The molecule has 0 radical (unpaired) electrons. The van der Waals surface area contributed by atoms with Crippen LogP contribution >= 0.6 is 22.9 Å². The van der Waals surface area contributed by atoms with Crippen molar-refractivity contribution in [3.05, 3.63) is 49.7 Å². The Hall–Kier alpha value is -2.25. The predicted octanol–water partition coefficient (Wildman–Crippen LogP) is 4.29. The van der Waals surface area contributed by atoms with Crippen LogP contribution in [0.4, 0.5) is 5.13 Å². The fourth-order valence-electron chi connectivity index (χ4n) is 2.96. The Labute approximate surface area is 166 Å². The molecule has 0 atom stereocenters. The molecule has 2 heterocycles. The fraction of sp³-hybridized carbons (Fsp3) is 0.368. The molecule has 0 aliphatic heterocycles. The Kier molecular flexibility index (Phi) is 5.62. The van der Waals surface area contributed by atoms with Crippen molar-refractivity contribution in [1.29, 1.82) is 0 Å². The first-order chi connectivity index (χ1) is 12.8. The van der Waals surface area contributed by atoms with Gasteiger partial charge >= 0.3 is 0 Å². The summed E-state index contributed by atoms with van der Waals surface area (Å²) in [6.45, 7) is 8.62. The van der Waals surface area contributed by atoms with Gasteiger partial charge in [0.05, 0.1) is 5.52 Å². The third kappa shape index (κ3) is 3.89. The number of carbonyl (C=O) groups excluding carboxylic acids is 1. The number of carbonyl (C=O) groups is 1. The summed E-state index contributed by atoms with van der Waals surface area (Å²) in [4.78, 5) is 25.6. The quantitative estimate of drug-likeness (QED) is 0.688. The molecule has 8 heteroatoms. The molecule has 27 heavy (non-hydrogen) atoms. The van der Waals surface area contributed by atoms with E-state index in [0.29, 0.717) is 28.0 Å². The average molecular weight is 405 g/mol. The number of aryl methyl sites for hydroxylation is 2. The number of nitrogens with zero attached hydrogens (tertiary/aromatic N) is 3. The van der Waals surface area contributed by atoms with E-state index in [0.717, 1.165) is 22.5 Å². The number of pyridine rings is 1. The summed E-state index contributed by atoms with van der Waals surface area (Å²) in [6, 6.07) is 3.35. The maximum absolute atomic E-state index is 12.9. The van der Waals surface area contributed by atoms with Gasteiger partial charge in [0.25, 0.3) is 5.91 Å². The van der Waals surface area contributed by atoms with Crippen molar-refractivity contribution < 1.29 is 4.79 Å². The summed E-state index contributed by atoms with van der Waals surface area (Å²) in [5.41, 5.74) is 1.33. The zero-order valence-corrected chi connectivity index (χ0v) is 17.2. The summed E-state index contributed by atoms with van der Waals surface area (Å²) in [5.74, 6) is -0.0299. The van der Waals surface area contributed by atoms with Gasteiger partial charge in [0, 0.05) is 29.6 Å². The molecule has 6 nitrogen and oxygen atoms in total. The average Bonchev–Trinajstić information content (AvgIpc) is 3.04. The van der Waals surface area contributed by atoms with Gasteiger partial charge in [-0.05, 0) is 37.5 Å². The number of anilines is 1. The first-order valence-electron chi connectivity index (χ1n) is 8.77. The van der Waals surface area contributed by atoms with Gasteiger partial charge in [-0.2, -0.15) is 0 Å². The largest absolute Gasteiger partial charge is 0.346 e. The molecule has 3 rings (SSSR count). The van der Waals surface area contributed by atoms with Gasteiger partial charge in [-0.25, -0.2) is 0 Å². The van der Waals surface area contributed by atoms with E-state index >= 15 is 0 Å². The van der Waals surface area contributed by atoms with Crippen LogP contribution < -0.4 is 10.7 Å². The highest BCUT2D eigenvalue weighted by molar-refractivity contribution is 7.15. The van der Waals surface area contributed by atoms with Crippen LogP contribution in [0.5, 0.6) is 0 Å². The molecule has 0 spiro atoms. The number of nitrogens with one attached hydrogen (secondary N) is 1. The van der Waals surface area contributed by atoms with Gasteiger partial charge in [0.2, 0.25) is 10.6 Å². The lowest BCUT2D eigenvalue weighted by Crippen LogP contribution is -2.24. The lowest BCUT2D eigenvalue weighted by molar-refractivity contribution is 0.102. The summed E-state index contributed by atoms with van der Waals surface area (Å²) in [6.07, 6.45) is 2.38. The molecule has 1 N–H and O–H groups in total. The van der Waals surface area contributed by atoms with Crippen LogP contribution in [0.2, 0.25) is 5.02 Å². The summed E-state index contributed by atoms with van der Waals surface area (Å²) in [5, 5.41) is 13.1. The Balaban J connectivity index is 2.00. The fourth-order valence-corrected chi connectivity index (χ4v) is 4.06. The number of halogens is 1. The smallest absolute Gasteiger partial charge is 0.262 e. The molecule has 0 fully saturated rings. The predicted molar refractivity (Wildman–Crippen MR) is 110 cm³/mol. The lowest BCUT2D eigenvalue weighted by atomic mass is 10.1. The number of rotatable bonds is 5. The lowest BCUT2D eigenvalue weighted by Gasteiger charge is -2.14. The maximum Gasteiger partial charge on any atom is 0.262 e. The molecule has 3 aromatic rings. The molecule has 1 aromatic carbocycles. The van der Waals surface area contributed by atoms with E-state index in [1.165, 1.54) is 11.3 Å². The highest BCUT2D eigenvalue weighted by Crippen LogP contribution is 2.24. The van der Waals surface area contributed by atoms with E-state index in [1.807, 2.05) is 18.4 Å². The minimum atomic E-state index is -0.482. The standard InChI is InChI=1S/C19H21ClN4O2S/c1-5-24-9-13(17(25)12-6-7-14(20)11(4)16(12)24)18(26)21-19-23-22-15(27-19)8-10(2)3/h6-7,9-10H,5,8H2,1-4H3,(H,21,23,26). The Bertz CT molecular complexity index is 1070. The number of hydrogen-bond donors (Lipinski definition) is 1. The molecule has 2 aromatic heterocycles. The SMILES string of the molecule is CCn1cc(C(=O)Nc2nnc(CC(C)C)s2)c(=O)c2ccc(Cl)c(C)c21. The molecule has 0 saturated carbocycles. The first kappa shape index (κ1) is 19.5. The van der Waals surface area contributed by atoms with Crippen molar-refractivity contribution in [3.63, 3.8) is 0 Å². The monoisotopic (exact) mass is 404 g/mol. The van der Waals surface area contributed by atoms with Crippen molar-refractivity contribution >= 4 is 44.9 Å². The minimum Gasteiger partial charge on any atom is -0.346 e. The van der Waals surface area contributed by atoms with Gasteiger partial charge in [-0.15, -0.1) is 10.2 Å². The van der Waals surface area contributed by atoms with E-state index < -0.39 is 5.91 Å². The third-order valence-corrected chi connectivity index (χ3v) is 5.55. The van der Waals surface area contributed by atoms with Crippen LogP contribution in [-0.2, 0) is 13.0 Å². The topological polar surface area (TPSA) is 76.9 Å². The van der Waals surface area contributed by atoms with E-state index in [2.05, 4.69) is 29.4 Å². The van der Waals surface area contributed by atoms with Gasteiger partial charge in [-0.1, -0.05) is 36.8 Å².